The van der Waals surface area contributed by atoms with Gasteiger partial charge >= 0.3 is 0 Å². The number of methoxy groups -OCH3 is 1. The van der Waals surface area contributed by atoms with Gasteiger partial charge in [0.1, 0.15) is 12.3 Å². The number of hydrogen-bond acceptors (Lipinski definition) is 8. The zero-order chi connectivity index (χ0) is 32.1. The van der Waals surface area contributed by atoms with Crippen molar-refractivity contribution in [3.8, 4) is 39.9 Å². The van der Waals surface area contributed by atoms with Gasteiger partial charge in [0.05, 0.1) is 34.8 Å². The van der Waals surface area contributed by atoms with E-state index in [0.29, 0.717) is 33.6 Å². The molecule has 0 saturated carbocycles. The fourth-order valence-corrected chi connectivity index (χ4v) is 7.04. The molecule has 0 atom stereocenters. The van der Waals surface area contributed by atoms with Gasteiger partial charge in [-0.15, -0.1) is 5.10 Å². The van der Waals surface area contributed by atoms with Crippen LogP contribution in [0.5, 0.6) is 23.0 Å². The lowest BCUT2D eigenvalue weighted by Crippen LogP contribution is -2.40. The summed E-state index contributed by atoms with van der Waals surface area (Å²) in [4.78, 5) is 0.109. The van der Waals surface area contributed by atoms with Crippen LogP contribution in [0.3, 0.4) is 0 Å². The second kappa shape index (κ2) is 11.5. The summed E-state index contributed by atoms with van der Waals surface area (Å²) < 4.78 is 55.3. The summed E-state index contributed by atoms with van der Waals surface area (Å²) in [5, 5.41) is 10.9. The lowest BCUT2D eigenvalue weighted by Gasteiger charge is -2.17. The average molecular weight is 669 g/mol. The summed E-state index contributed by atoms with van der Waals surface area (Å²) in [6, 6.07) is 23.0. The number of rotatable bonds is 8. The zero-order valence-corrected chi connectivity index (χ0v) is 26.6. The van der Waals surface area contributed by atoms with Crippen molar-refractivity contribution in [1.29, 1.82) is 0 Å². The van der Waals surface area contributed by atoms with E-state index in [0.717, 1.165) is 46.5 Å². The molecule has 13 heteroatoms. The normalized spacial score (nSPS) is 13.2. The van der Waals surface area contributed by atoms with Gasteiger partial charge in [-0.05, 0) is 83.7 Å². The summed E-state index contributed by atoms with van der Waals surface area (Å²) in [7, 11) is -2.17. The predicted molar refractivity (Wildman–Crippen MR) is 174 cm³/mol. The van der Waals surface area contributed by atoms with Gasteiger partial charge in [-0.2, -0.15) is 4.57 Å². The maximum Gasteiger partial charge on any atom is 0.261 e. The topological polar surface area (TPSA) is 118 Å². The molecule has 2 aliphatic rings. The molecule has 0 bridgehead atoms. The first-order valence-electron chi connectivity index (χ1n) is 14.7. The van der Waals surface area contributed by atoms with Crippen LogP contribution in [0.2, 0.25) is 5.02 Å². The molecule has 47 heavy (non-hydrogen) atoms. The van der Waals surface area contributed by atoms with Crippen LogP contribution >= 0.6 is 11.6 Å². The monoisotopic (exact) mass is 668 g/mol. The van der Waals surface area contributed by atoms with Crippen molar-refractivity contribution in [3.05, 3.63) is 108 Å². The first-order valence-corrected chi connectivity index (χ1v) is 16.6. The number of nitrogens with zero attached hydrogens (tertiary/aromatic N) is 4. The van der Waals surface area contributed by atoms with Gasteiger partial charge in [0.15, 0.2) is 35.7 Å². The second-order valence-corrected chi connectivity index (χ2v) is 13.2. The van der Waals surface area contributed by atoms with Gasteiger partial charge in [0, 0.05) is 23.2 Å². The highest BCUT2D eigenvalue weighted by Gasteiger charge is 2.29. The van der Waals surface area contributed by atoms with E-state index in [2.05, 4.69) is 44.0 Å². The molecule has 0 fully saturated rings. The van der Waals surface area contributed by atoms with Crippen LogP contribution in [0, 0.1) is 0 Å². The summed E-state index contributed by atoms with van der Waals surface area (Å²) in [6.07, 6.45) is 4.71. The van der Waals surface area contributed by atoms with Gasteiger partial charge in [0.25, 0.3) is 10.0 Å². The molecule has 236 valence electrons. The molecule has 0 aliphatic carbocycles. The molecule has 0 saturated heterocycles. The summed E-state index contributed by atoms with van der Waals surface area (Å²) in [6.45, 7) is 1.19. The van der Waals surface area contributed by atoms with Crippen LogP contribution in [0.1, 0.15) is 11.3 Å². The lowest BCUT2D eigenvalue weighted by atomic mass is 9.95. The van der Waals surface area contributed by atoms with Crippen molar-refractivity contribution < 1.29 is 31.9 Å². The first kappa shape index (κ1) is 29.1. The van der Waals surface area contributed by atoms with Crippen molar-refractivity contribution in [2.24, 2.45) is 0 Å². The van der Waals surface area contributed by atoms with Crippen LogP contribution in [0.25, 0.3) is 27.7 Å². The Morgan fingerprint density at radius 1 is 1.00 bits per heavy atom. The summed E-state index contributed by atoms with van der Waals surface area (Å²) in [5.74, 6) is 2.77. The number of aromatic nitrogens is 4. The number of fused-ring (bicyclic) bond motifs is 5. The Hall–Kier alpha value is -5.33. The summed E-state index contributed by atoms with van der Waals surface area (Å²) >= 11 is 5.90. The molecular weight excluding hydrogens is 642 g/mol. The number of halogens is 1. The van der Waals surface area contributed by atoms with E-state index in [1.807, 2.05) is 12.1 Å². The van der Waals surface area contributed by atoms with Gasteiger partial charge < -0.3 is 18.9 Å². The smallest absolute Gasteiger partial charge is 0.261 e. The van der Waals surface area contributed by atoms with Gasteiger partial charge in [0.2, 0.25) is 12.5 Å². The average Bonchev–Trinajstić information content (AvgIpc) is 3.76. The minimum Gasteiger partial charge on any atom is -0.493 e. The molecule has 4 aromatic carbocycles. The summed E-state index contributed by atoms with van der Waals surface area (Å²) in [5.41, 5.74) is 5.09. The van der Waals surface area contributed by atoms with Crippen molar-refractivity contribution >= 4 is 38.1 Å². The molecule has 11 nitrogen and oxygen atoms in total. The molecule has 0 radical (unpaired) electrons. The second-order valence-electron chi connectivity index (χ2n) is 11.1. The van der Waals surface area contributed by atoms with E-state index < -0.39 is 10.0 Å². The number of sulfonamides is 1. The Kier molecular flexibility index (Phi) is 7.11. The molecule has 4 heterocycles. The SMILES string of the molecule is COc1ccc2cc3[n+](cc2c1OCc1cn(-c2ccc(S(=O)(=O)Nc4ccc(Cl)cc4)cc2)nn1)CCc1cc2c(cc1-3)OCO2. The highest BCUT2D eigenvalue weighted by Crippen LogP contribution is 2.42. The number of pyridine rings is 1. The van der Waals surface area contributed by atoms with Crippen LogP contribution in [-0.4, -0.2) is 37.3 Å². The fourth-order valence-electron chi connectivity index (χ4n) is 5.85. The molecule has 0 unspecified atom stereocenters. The highest BCUT2D eigenvalue weighted by molar-refractivity contribution is 7.92. The number of hydrogen-bond donors (Lipinski definition) is 1. The standard InChI is InChI=1S/C34H27ClN5O6S/c1-43-31-11-2-21-14-30-28-16-33-32(45-20-46-33)15-22(28)12-13-39(30)18-29(21)34(31)44-19-25-17-40(38-36-25)26-7-9-27(10-8-26)47(41,42)37-24-5-3-23(35)4-6-24/h2-11,14-18,37H,12-13,19-20H2,1H3/q+1. The van der Waals surface area contributed by atoms with Crippen molar-refractivity contribution in [2.75, 3.05) is 18.6 Å². The van der Waals surface area contributed by atoms with E-state index >= 15 is 0 Å². The molecule has 0 spiro atoms. The molecule has 1 N–H and O–H groups in total. The van der Waals surface area contributed by atoms with Crippen LogP contribution in [0.4, 0.5) is 5.69 Å². The Bertz CT molecular complexity index is 2270. The van der Waals surface area contributed by atoms with E-state index in [9.17, 15) is 8.42 Å². The van der Waals surface area contributed by atoms with E-state index in [-0.39, 0.29) is 18.3 Å². The van der Waals surface area contributed by atoms with E-state index in [4.69, 9.17) is 30.5 Å². The minimum absolute atomic E-state index is 0.109. The molecule has 2 aromatic heterocycles. The third-order valence-electron chi connectivity index (χ3n) is 8.21. The number of aryl methyl sites for hydroxylation is 2. The third-order valence-corrected chi connectivity index (χ3v) is 9.86. The van der Waals surface area contributed by atoms with Crippen LogP contribution < -0.4 is 28.2 Å². The van der Waals surface area contributed by atoms with Gasteiger partial charge in [-0.3, -0.25) is 4.72 Å². The predicted octanol–water partition coefficient (Wildman–Crippen LogP) is 5.70. The molecule has 6 aromatic rings. The number of nitrogens with one attached hydrogen (secondary N) is 1. The molecule has 8 rings (SSSR count). The van der Waals surface area contributed by atoms with Crippen LogP contribution in [-0.2, 0) is 29.6 Å². The third kappa shape index (κ3) is 5.45. The van der Waals surface area contributed by atoms with Crippen molar-refractivity contribution in [2.45, 2.75) is 24.5 Å². The zero-order valence-electron chi connectivity index (χ0n) is 25.0. The van der Waals surface area contributed by atoms with E-state index in [1.54, 1.807) is 54.4 Å². The largest absolute Gasteiger partial charge is 0.493 e. The fraction of sp³-hybridized carbons (Fsp3) is 0.147. The molecule has 0 amide bonds. The minimum atomic E-state index is -3.79. The Labute approximate surface area is 274 Å². The Morgan fingerprint density at radius 3 is 2.57 bits per heavy atom. The van der Waals surface area contributed by atoms with E-state index in [1.165, 1.54) is 17.7 Å². The maximum atomic E-state index is 12.9. The molecular formula is C34H27ClN5O6S+. The van der Waals surface area contributed by atoms with Crippen molar-refractivity contribution in [3.63, 3.8) is 0 Å². The maximum absolute atomic E-state index is 12.9. The molecule has 2 aliphatic heterocycles. The quantitative estimate of drug-likeness (QED) is 0.205. The van der Waals surface area contributed by atoms with Crippen LogP contribution in [0.15, 0.2) is 96.2 Å². The van der Waals surface area contributed by atoms with Gasteiger partial charge in [-0.1, -0.05) is 16.8 Å². The first-order chi connectivity index (χ1) is 22.8. The van der Waals surface area contributed by atoms with Gasteiger partial charge in [-0.25, -0.2) is 13.1 Å². The Balaban J connectivity index is 1.02. The lowest BCUT2D eigenvalue weighted by molar-refractivity contribution is -0.686. The number of benzene rings is 4. The highest BCUT2D eigenvalue weighted by atomic mass is 35.5. The number of ether oxygens (including phenoxy) is 4. The van der Waals surface area contributed by atoms with Crippen molar-refractivity contribution in [1.82, 2.24) is 15.0 Å². The number of anilines is 1. The Morgan fingerprint density at radius 2 is 1.79 bits per heavy atom.